The van der Waals surface area contributed by atoms with E-state index in [0.29, 0.717) is 17.1 Å². The lowest BCUT2D eigenvalue weighted by Gasteiger charge is -2.07. The second-order valence-electron chi connectivity index (χ2n) is 7.29. The Hall–Kier alpha value is -4.53. The summed E-state index contributed by atoms with van der Waals surface area (Å²) in [6, 6.07) is 14.5. The zero-order valence-electron chi connectivity index (χ0n) is 18.2. The van der Waals surface area contributed by atoms with E-state index in [1.165, 1.54) is 37.3 Å². The van der Waals surface area contributed by atoms with E-state index in [1.807, 2.05) is 0 Å². The molecule has 0 aliphatic rings. The quantitative estimate of drug-likeness (QED) is 0.137. The van der Waals surface area contributed by atoms with Crippen LogP contribution in [0.2, 0.25) is 0 Å². The lowest BCUT2D eigenvalue weighted by Crippen LogP contribution is -2.06. The molecule has 34 heavy (non-hydrogen) atoms. The van der Waals surface area contributed by atoms with Gasteiger partial charge in [0.2, 0.25) is 0 Å². The zero-order valence-corrected chi connectivity index (χ0v) is 18.2. The number of fused-ring (bicyclic) bond motifs is 1. The Labute approximate surface area is 192 Å². The molecule has 0 N–H and O–H groups in total. The van der Waals surface area contributed by atoms with Crippen molar-refractivity contribution < 1.29 is 32.8 Å². The Morgan fingerprint density at radius 3 is 2.21 bits per heavy atom. The van der Waals surface area contributed by atoms with Crippen molar-refractivity contribution in [2.75, 3.05) is 6.61 Å². The number of nitrogens with zero attached hydrogens (tertiary/aromatic N) is 1. The van der Waals surface area contributed by atoms with Crippen LogP contribution in [-0.2, 0) is 4.74 Å². The van der Waals surface area contributed by atoms with Gasteiger partial charge < -0.3 is 13.9 Å². The van der Waals surface area contributed by atoms with Crippen molar-refractivity contribution in [1.29, 1.82) is 0 Å². The molecule has 0 saturated carbocycles. The van der Waals surface area contributed by atoms with E-state index in [9.17, 15) is 24.1 Å². The van der Waals surface area contributed by atoms with Crippen LogP contribution in [0, 0.1) is 15.9 Å². The lowest BCUT2D eigenvalue weighted by molar-refractivity contribution is -0.385. The van der Waals surface area contributed by atoms with Gasteiger partial charge in [-0.1, -0.05) is 0 Å². The first-order valence-corrected chi connectivity index (χ1v) is 10.2. The van der Waals surface area contributed by atoms with Crippen LogP contribution in [0.1, 0.15) is 34.6 Å². The second-order valence-corrected chi connectivity index (χ2v) is 7.29. The molecule has 0 aliphatic heterocycles. The smallest absolute Gasteiger partial charge is 0.342 e. The van der Waals surface area contributed by atoms with Crippen LogP contribution in [0.3, 0.4) is 0 Å². The van der Waals surface area contributed by atoms with E-state index in [1.54, 1.807) is 31.2 Å². The summed E-state index contributed by atoms with van der Waals surface area (Å²) in [5.41, 5.74) is 0.0535. The minimum Gasteiger partial charge on any atom is -0.462 e. The number of nitro benzene ring substituents is 1. The molecule has 4 aromatic rings. The highest BCUT2D eigenvalue weighted by molar-refractivity contribution is 6.12. The van der Waals surface area contributed by atoms with Crippen molar-refractivity contribution in [1.82, 2.24) is 0 Å². The molecular weight excluding hydrogens is 445 g/mol. The summed E-state index contributed by atoms with van der Waals surface area (Å²) in [4.78, 5) is 35.6. The molecule has 0 amide bonds. The molecule has 172 valence electrons. The van der Waals surface area contributed by atoms with Gasteiger partial charge in [0.15, 0.2) is 5.78 Å². The predicted molar refractivity (Wildman–Crippen MR) is 121 cm³/mol. The van der Waals surface area contributed by atoms with E-state index in [2.05, 4.69) is 0 Å². The Balaban J connectivity index is 1.81. The normalized spacial score (nSPS) is 10.8. The number of hydrogen-bond acceptors (Lipinski definition) is 7. The average molecular weight is 463 g/mol. The molecule has 0 spiro atoms. The number of Topliss-reactive ketones (excluding diaryl/α,β-unsaturated/α-hetero) is 1. The number of halogens is 1. The fraction of sp³-hybridized carbons (Fsp3) is 0.120. The maximum atomic E-state index is 13.1. The van der Waals surface area contributed by atoms with Gasteiger partial charge in [0, 0.05) is 10.9 Å². The number of ether oxygens (including phenoxy) is 2. The van der Waals surface area contributed by atoms with Gasteiger partial charge in [-0.2, -0.15) is 0 Å². The highest BCUT2D eigenvalue weighted by Crippen LogP contribution is 2.38. The molecular formula is C25H18FNO7. The fourth-order valence-corrected chi connectivity index (χ4v) is 3.49. The van der Waals surface area contributed by atoms with Crippen LogP contribution >= 0.6 is 0 Å². The van der Waals surface area contributed by atoms with Crippen molar-refractivity contribution in [2.24, 2.45) is 0 Å². The minimum atomic E-state index is -0.689. The lowest BCUT2D eigenvalue weighted by atomic mass is 10.0. The molecule has 3 aromatic carbocycles. The van der Waals surface area contributed by atoms with E-state index in [0.717, 1.165) is 6.07 Å². The first kappa shape index (κ1) is 22.7. The maximum absolute atomic E-state index is 13.1. The molecule has 0 bridgehead atoms. The number of nitro groups is 1. The minimum absolute atomic E-state index is 0.0569. The van der Waals surface area contributed by atoms with Crippen LogP contribution in [0.5, 0.6) is 11.5 Å². The molecule has 1 heterocycles. The van der Waals surface area contributed by atoms with E-state index in [4.69, 9.17) is 13.9 Å². The van der Waals surface area contributed by atoms with E-state index >= 15 is 0 Å². The summed E-state index contributed by atoms with van der Waals surface area (Å²) in [6.07, 6.45) is 0. The monoisotopic (exact) mass is 463 g/mol. The summed E-state index contributed by atoms with van der Waals surface area (Å²) in [5.74, 6) is -0.559. The number of furan rings is 1. The number of rotatable bonds is 7. The predicted octanol–water partition coefficient (Wildman–Crippen LogP) is 6.32. The molecule has 1 aromatic heterocycles. The average Bonchev–Trinajstić information content (AvgIpc) is 3.19. The molecule has 0 unspecified atom stereocenters. The Morgan fingerprint density at radius 2 is 1.65 bits per heavy atom. The summed E-state index contributed by atoms with van der Waals surface area (Å²) >= 11 is 0. The van der Waals surface area contributed by atoms with Crippen molar-refractivity contribution in [3.05, 3.63) is 87.7 Å². The first-order chi connectivity index (χ1) is 16.3. The number of hydrogen-bond donors (Lipinski definition) is 0. The first-order valence-electron chi connectivity index (χ1n) is 10.2. The zero-order chi connectivity index (χ0) is 24.4. The molecule has 0 fully saturated rings. The molecule has 0 saturated heterocycles. The van der Waals surface area contributed by atoms with Crippen molar-refractivity contribution in [3.63, 3.8) is 0 Å². The van der Waals surface area contributed by atoms with Gasteiger partial charge in [0.1, 0.15) is 34.2 Å². The van der Waals surface area contributed by atoms with Crippen LogP contribution < -0.4 is 4.74 Å². The van der Waals surface area contributed by atoms with Gasteiger partial charge in [-0.3, -0.25) is 14.9 Å². The number of benzene rings is 3. The summed E-state index contributed by atoms with van der Waals surface area (Å²) in [7, 11) is 0. The van der Waals surface area contributed by atoms with Gasteiger partial charge >= 0.3 is 5.97 Å². The fourth-order valence-electron chi connectivity index (χ4n) is 3.49. The van der Waals surface area contributed by atoms with Gasteiger partial charge in [-0.25, -0.2) is 9.18 Å². The van der Waals surface area contributed by atoms with Gasteiger partial charge in [-0.05, 0) is 68.4 Å². The van der Waals surface area contributed by atoms with Crippen LogP contribution in [-0.4, -0.2) is 23.3 Å². The largest absolute Gasteiger partial charge is 0.462 e. The molecule has 9 heteroatoms. The summed E-state index contributed by atoms with van der Waals surface area (Å²) in [6.45, 7) is 2.95. The van der Waals surface area contributed by atoms with Crippen molar-refractivity contribution in [3.8, 4) is 22.8 Å². The van der Waals surface area contributed by atoms with Crippen molar-refractivity contribution >= 4 is 28.4 Å². The Bertz CT molecular complexity index is 1410. The molecule has 8 nitrogen and oxygen atoms in total. The Morgan fingerprint density at radius 1 is 1.03 bits per heavy atom. The highest BCUT2D eigenvalue weighted by atomic mass is 19.1. The van der Waals surface area contributed by atoms with Crippen LogP contribution in [0.4, 0.5) is 10.1 Å². The van der Waals surface area contributed by atoms with Gasteiger partial charge in [0.25, 0.3) is 5.69 Å². The number of carbonyl (C=O) groups excluding carboxylic acids is 2. The number of esters is 1. The van der Waals surface area contributed by atoms with Crippen LogP contribution in [0.25, 0.3) is 22.3 Å². The second kappa shape index (κ2) is 9.14. The third-order valence-corrected chi connectivity index (χ3v) is 5.03. The van der Waals surface area contributed by atoms with Crippen molar-refractivity contribution in [2.45, 2.75) is 13.8 Å². The third kappa shape index (κ3) is 4.36. The summed E-state index contributed by atoms with van der Waals surface area (Å²) in [5, 5.41) is 11.7. The SMILES string of the molecule is CCOC(=O)c1c(-c2ccc(Oc3ccc(F)cc3)cc2)oc2cc([N+](=O)[O-])c(C(C)=O)cc12. The number of carbonyl (C=O) groups is 2. The topological polar surface area (TPSA) is 109 Å². The van der Waals surface area contributed by atoms with Gasteiger partial charge in [0.05, 0.1) is 23.2 Å². The third-order valence-electron chi connectivity index (χ3n) is 5.03. The molecule has 0 aliphatic carbocycles. The highest BCUT2D eigenvalue weighted by Gasteiger charge is 2.28. The van der Waals surface area contributed by atoms with Crippen LogP contribution in [0.15, 0.2) is 65.1 Å². The maximum Gasteiger partial charge on any atom is 0.342 e. The summed E-state index contributed by atoms with van der Waals surface area (Å²) < 4.78 is 29.8. The van der Waals surface area contributed by atoms with Gasteiger partial charge in [-0.15, -0.1) is 0 Å². The number of ketones is 1. The molecule has 4 rings (SSSR count). The molecule has 0 radical (unpaired) electrons. The van der Waals surface area contributed by atoms with E-state index in [-0.39, 0.29) is 40.3 Å². The standard InChI is InChI=1S/C25H18FNO7/c1-3-32-25(29)23-20-12-19(14(2)28)21(27(30)31)13-22(20)34-24(23)15-4-8-17(9-5-15)33-18-10-6-16(26)7-11-18/h4-13H,3H2,1-2H3. The molecule has 0 atom stereocenters. The Kier molecular flexibility index (Phi) is 6.09. The van der Waals surface area contributed by atoms with E-state index < -0.39 is 22.4 Å².